The van der Waals surface area contributed by atoms with E-state index in [9.17, 15) is 14.0 Å². The topological polar surface area (TPSA) is 98.3 Å². The first-order valence-corrected chi connectivity index (χ1v) is 9.27. The second-order valence-electron chi connectivity index (χ2n) is 6.22. The third-order valence-electron chi connectivity index (χ3n) is 4.41. The molecule has 0 unspecified atom stereocenters. The van der Waals surface area contributed by atoms with E-state index in [1.54, 1.807) is 18.7 Å². The summed E-state index contributed by atoms with van der Waals surface area (Å²) in [6.45, 7) is 4.02. The van der Waals surface area contributed by atoms with Gasteiger partial charge in [-0.05, 0) is 25.8 Å². The number of nitrogens with zero attached hydrogens (tertiary/aromatic N) is 2. The molecule has 0 radical (unpaired) electrons. The minimum absolute atomic E-state index is 0.0427. The predicted octanol–water partition coefficient (Wildman–Crippen LogP) is 2.79. The van der Waals surface area contributed by atoms with Gasteiger partial charge in [-0.3, -0.25) is 4.79 Å². The maximum atomic E-state index is 14.6. The number of anilines is 1. The number of amides is 1. The van der Waals surface area contributed by atoms with Crippen LogP contribution in [0.25, 0.3) is 0 Å². The highest BCUT2D eigenvalue weighted by atomic mass is 35.5. The number of alkyl halides is 1. The molecule has 26 heavy (non-hydrogen) atoms. The summed E-state index contributed by atoms with van der Waals surface area (Å²) in [6, 6.07) is -0.626. The number of aromatic nitrogens is 2. The number of aryl methyl sites for hydroxylation is 1. The number of hydrogen-bond acceptors (Lipinski definition) is 5. The molecular formula is C16H18ClFN4O3S. The first-order valence-electron chi connectivity index (χ1n) is 8.01. The average Bonchev–Trinajstić information content (AvgIpc) is 3.18. The lowest BCUT2D eigenvalue weighted by Gasteiger charge is -2.34. The number of carbonyl (C=O) groups excluding carboxylic acids is 1. The van der Waals surface area contributed by atoms with Gasteiger partial charge in [0.1, 0.15) is 11.9 Å². The molecule has 3 rings (SSSR count). The predicted molar refractivity (Wildman–Crippen MR) is 97.3 cm³/mol. The molecule has 2 aromatic heterocycles. The number of thiazole rings is 1. The molecule has 0 spiro atoms. The Bertz CT molecular complexity index is 853. The molecule has 0 aliphatic carbocycles. The zero-order chi connectivity index (χ0) is 19.0. The summed E-state index contributed by atoms with van der Waals surface area (Å²) in [7, 11) is 0. The fourth-order valence-electron chi connectivity index (χ4n) is 2.94. The molecule has 1 amide bonds. The van der Waals surface area contributed by atoms with Crippen LogP contribution in [-0.4, -0.2) is 52.3 Å². The quantitative estimate of drug-likeness (QED) is 0.733. The van der Waals surface area contributed by atoms with Crippen LogP contribution in [0.2, 0.25) is 5.02 Å². The van der Waals surface area contributed by atoms with Crippen LogP contribution in [0.4, 0.5) is 9.52 Å². The van der Waals surface area contributed by atoms with Gasteiger partial charge < -0.3 is 20.3 Å². The Hall–Kier alpha value is -2.13. The molecule has 3 N–H and O–H groups in total. The van der Waals surface area contributed by atoms with Crippen molar-refractivity contribution in [1.29, 1.82) is 0 Å². The summed E-state index contributed by atoms with van der Waals surface area (Å²) in [5.74, 6) is -1.50. The fourth-order valence-corrected chi connectivity index (χ4v) is 3.92. The summed E-state index contributed by atoms with van der Waals surface area (Å²) >= 11 is 7.25. The molecule has 2 aromatic rings. The Morgan fingerprint density at radius 3 is 2.77 bits per heavy atom. The molecule has 10 heteroatoms. The number of carboxylic acid groups (broad SMARTS) is 1. The molecule has 1 fully saturated rings. The monoisotopic (exact) mass is 400 g/mol. The van der Waals surface area contributed by atoms with Crippen molar-refractivity contribution in [1.82, 2.24) is 15.3 Å². The number of halogens is 2. The molecule has 1 aliphatic rings. The first kappa shape index (κ1) is 18.7. The van der Waals surface area contributed by atoms with Crippen molar-refractivity contribution in [2.75, 3.05) is 18.0 Å². The smallest absolute Gasteiger partial charge is 0.355 e. The van der Waals surface area contributed by atoms with Crippen LogP contribution in [-0.2, 0) is 0 Å². The van der Waals surface area contributed by atoms with E-state index >= 15 is 0 Å². The van der Waals surface area contributed by atoms with Crippen LogP contribution >= 0.6 is 22.9 Å². The summed E-state index contributed by atoms with van der Waals surface area (Å²) in [4.78, 5) is 32.0. The van der Waals surface area contributed by atoms with E-state index < -0.39 is 18.2 Å². The van der Waals surface area contributed by atoms with E-state index in [4.69, 9.17) is 16.7 Å². The maximum Gasteiger partial charge on any atom is 0.355 e. The molecule has 1 saturated heterocycles. The molecule has 7 nitrogen and oxygen atoms in total. The van der Waals surface area contributed by atoms with Crippen LogP contribution in [0.15, 0.2) is 5.38 Å². The van der Waals surface area contributed by atoms with Gasteiger partial charge in [-0.1, -0.05) is 11.6 Å². The van der Waals surface area contributed by atoms with Crippen LogP contribution in [0, 0.1) is 13.8 Å². The van der Waals surface area contributed by atoms with Gasteiger partial charge >= 0.3 is 5.97 Å². The third-order valence-corrected chi connectivity index (χ3v) is 5.88. The zero-order valence-corrected chi connectivity index (χ0v) is 15.7. The highest BCUT2D eigenvalue weighted by molar-refractivity contribution is 7.13. The number of rotatable bonds is 4. The highest BCUT2D eigenvalue weighted by Gasteiger charge is 2.32. The Balaban J connectivity index is 1.64. The molecule has 2 atom stereocenters. The molecule has 0 saturated carbocycles. The number of carboxylic acids is 1. The lowest BCUT2D eigenvalue weighted by atomic mass is 10.0. The van der Waals surface area contributed by atoms with Crippen molar-refractivity contribution < 1.29 is 19.1 Å². The summed E-state index contributed by atoms with van der Waals surface area (Å²) < 4.78 is 14.6. The molecule has 140 valence electrons. The Morgan fingerprint density at radius 2 is 2.23 bits per heavy atom. The van der Waals surface area contributed by atoms with Crippen molar-refractivity contribution in [3.63, 3.8) is 0 Å². The SMILES string of the molecule is Cc1[nH]c(C(=O)N[C@@H]2CCN(c3nc(C(=O)O)cs3)C[C@@H]2F)c(C)c1Cl. The number of nitrogens with one attached hydrogen (secondary N) is 2. The number of aromatic carboxylic acids is 1. The van der Waals surface area contributed by atoms with Crippen molar-refractivity contribution in [3.05, 3.63) is 33.0 Å². The Labute approximate surface area is 158 Å². The fraction of sp³-hybridized carbons (Fsp3) is 0.438. The largest absolute Gasteiger partial charge is 0.476 e. The third kappa shape index (κ3) is 3.54. The summed E-state index contributed by atoms with van der Waals surface area (Å²) in [5.41, 5.74) is 1.62. The minimum Gasteiger partial charge on any atom is -0.476 e. The number of hydrogen-bond donors (Lipinski definition) is 3. The van der Waals surface area contributed by atoms with E-state index in [2.05, 4.69) is 15.3 Å². The van der Waals surface area contributed by atoms with Gasteiger partial charge in [-0.25, -0.2) is 14.2 Å². The minimum atomic E-state index is -1.29. The Kier molecular flexibility index (Phi) is 5.19. The Morgan fingerprint density at radius 1 is 1.50 bits per heavy atom. The average molecular weight is 401 g/mol. The molecule has 1 aliphatic heterocycles. The normalized spacial score (nSPS) is 20.2. The lowest BCUT2D eigenvalue weighted by Crippen LogP contribution is -2.52. The first-order chi connectivity index (χ1) is 12.3. The summed E-state index contributed by atoms with van der Waals surface area (Å²) in [6.07, 6.45) is -0.904. The second kappa shape index (κ2) is 7.24. The van der Waals surface area contributed by atoms with Crippen molar-refractivity contribution in [2.24, 2.45) is 0 Å². The van der Waals surface area contributed by atoms with E-state index in [0.717, 1.165) is 0 Å². The van der Waals surface area contributed by atoms with Gasteiger partial charge in [-0.15, -0.1) is 11.3 Å². The number of piperidine rings is 1. The van der Waals surface area contributed by atoms with E-state index in [1.165, 1.54) is 16.7 Å². The zero-order valence-electron chi connectivity index (χ0n) is 14.2. The van der Waals surface area contributed by atoms with Gasteiger partial charge in [0.15, 0.2) is 10.8 Å². The van der Waals surface area contributed by atoms with Gasteiger partial charge in [0, 0.05) is 17.6 Å². The van der Waals surface area contributed by atoms with Crippen molar-refractivity contribution in [2.45, 2.75) is 32.5 Å². The van der Waals surface area contributed by atoms with Crippen LogP contribution in [0.5, 0.6) is 0 Å². The van der Waals surface area contributed by atoms with E-state index in [-0.39, 0.29) is 18.1 Å². The van der Waals surface area contributed by atoms with E-state index in [0.29, 0.717) is 40.1 Å². The summed E-state index contributed by atoms with van der Waals surface area (Å²) in [5, 5.41) is 14.1. The molecular weight excluding hydrogens is 383 g/mol. The highest BCUT2D eigenvalue weighted by Crippen LogP contribution is 2.26. The van der Waals surface area contributed by atoms with Crippen molar-refractivity contribution in [3.8, 4) is 0 Å². The van der Waals surface area contributed by atoms with Gasteiger partial charge in [0.2, 0.25) is 0 Å². The maximum absolute atomic E-state index is 14.6. The molecule has 0 bridgehead atoms. The standard InChI is InChI=1S/C16H18ClFN4O3S/c1-7-12(17)8(2)19-13(7)14(23)20-10-3-4-22(5-9(10)18)16-21-11(6-26-16)15(24)25/h6,9-10,19H,3-5H2,1-2H3,(H,20,23)(H,24,25)/t9-,10+/m0/s1. The second-order valence-corrected chi connectivity index (χ2v) is 7.43. The van der Waals surface area contributed by atoms with E-state index in [1.807, 2.05) is 0 Å². The lowest BCUT2D eigenvalue weighted by molar-refractivity contribution is 0.0691. The molecule has 3 heterocycles. The van der Waals surface area contributed by atoms with Gasteiger partial charge in [0.25, 0.3) is 5.91 Å². The molecule has 0 aromatic carbocycles. The van der Waals surface area contributed by atoms with Gasteiger partial charge in [-0.2, -0.15) is 0 Å². The van der Waals surface area contributed by atoms with Crippen LogP contribution in [0.3, 0.4) is 0 Å². The number of aromatic amines is 1. The van der Waals surface area contributed by atoms with Gasteiger partial charge in [0.05, 0.1) is 17.6 Å². The van der Waals surface area contributed by atoms with Crippen LogP contribution < -0.4 is 10.2 Å². The number of carbonyl (C=O) groups is 2. The number of H-pyrrole nitrogens is 1. The van der Waals surface area contributed by atoms with Crippen LogP contribution in [0.1, 0.15) is 38.7 Å². The van der Waals surface area contributed by atoms with Crippen molar-refractivity contribution >= 4 is 39.9 Å².